The Balaban J connectivity index is 1.60. The molecule has 0 unspecified atom stereocenters. The number of para-hydroxylation sites is 1. The summed E-state index contributed by atoms with van der Waals surface area (Å²) in [7, 11) is 4.62. The molecule has 1 aliphatic heterocycles. The second kappa shape index (κ2) is 8.03. The second-order valence-corrected chi connectivity index (χ2v) is 7.45. The second-order valence-electron chi connectivity index (χ2n) is 6.42. The van der Waals surface area contributed by atoms with Crippen LogP contribution in [0.25, 0.3) is 15.8 Å². The van der Waals surface area contributed by atoms with E-state index in [9.17, 15) is 5.11 Å². The predicted molar refractivity (Wildman–Crippen MR) is 117 cm³/mol. The number of nitrogens with one attached hydrogen (secondary N) is 1. The number of nitrogens with zero attached hydrogens (tertiary/aromatic N) is 3. The standard InChI is InChI=1S/C21H20N4O4S/c1-27-15-8-12(9-16(28-2)19(15)29-3)10-23-25-11-14(26)18(20(25)22)21-24-13-6-4-5-7-17(13)30-21/h4-10,22,26H,11H2,1-3H3/b22-20?,23-10+. The Bertz CT molecular complexity index is 1130. The van der Waals surface area contributed by atoms with Crippen molar-refractivity contribution in [3.05, 3.63) is 52.7 Å². The number of hydrazone groups is 1. The molecule has 0 bridgehead atoms. The molecule has 2 N–H and O–H groups in total. The molecular formula is C21H20N4O4S. The number of rotatable bonds is 6. The molecule has 4 rings (SSSR count). The molecule has 0 saturated carbocycles. The number of aromatic nitrogens is 1. The van der Waals surface area contributed by atoms with E-state index in [1.165, 1.54) is 23.5 Å². The van der Waals surface area contributed by atoms with Gasteiger partial charge in [-0.25, -0.2) is 9.99 Å². The highest BCUT2D eigenvalue weighted by molar-refractivity contribution is 7.19. The maximum atomic E-state index is 10.5. The summed E-state index contributed by atoms with van der Waals surface area (Å²) < 4.78 is 17.0. The number of fused-ring (bicyclic) bond motifs is 1. The molecule has 0 fully saturated rings. The summed E-state index contributed by atoms with van der Waals surface area (Å²) >= 11 is 1.44. The van der Waals surface area contributed by atoms with Crippen LogP contribution in [0.1, 0.15) is 10.6 Å². The Hall–Kier alpha value is -3.59. The summed E-state index contributed by atoms with van der Waals surface area (Å²) in [6.45, 7) is 0.102. The largest absolute Gasteiger partial charge is 0.509 e. The highest BCUT2D eigenvalue weighted by Gasteiger charge is 2.30. The van der Waals surface area contributed by atoms with Gasteiger partial charge in [-0.05, 0) is 24.3 Å². The first-order chi connectivity index (χ1) is 14.5. The zero-order chi connectivity index (χ0) is 21.3. The number of amidine groups is 1. The topological polar surface area (TPSA) is 100 Å². The van der Waals surface area contributed by atoms with E-state index < -0.39 is 0 Å². The normalized spacial score (nSPS) is 14.2. The van der Waals surface area contributed by atoms with Crippen LogP contribution in [-0.4, -0.2) is 55.0 Å². The van der Waals surface area contributed by atoms with Crippen molar-refractivity contribution >= 4 is 39.2 Å². The third-order valence-electron chi connectivity index (χ3n) is 4.62. The van der Waals surface area contributed by atoms with Crippen molar-refractivity contribution in [2.75, 3.05) is 27.9 Å². The van der Waals surface area contributed by atoms with E-state index in [1.54, 1.807) is 32.6 Å². The molecular weight excluding hydrogens is 404 g/mol. The van der Waals surface area contributed by atoms with Crippen LogP contribution in [0.15, 0.2) is 47.3 Å². The van der Waals surface area contributed by atoms with Gasteiger partial charge in [0.05, 0.1) is 43.3 Å². The Morgan fingerprint density at radius 2 is 1.83 bits per heavy atom. The molecule has 30 heavy (non-hydrogen) atoms. The summed E-state index contributed by atoms with van der Waals surface area (Å²) in [5.41, 5.74) is 1.94. The number of aliphatic hydroxyl groups excluding tert-OH is 1. The van der Waals surface area contributed by atoms with Crippen molar-refractivity contribution in [1.82, 2.24) is 9.99 Å². The molecule has 2 aromatic carbocycles. The SMILES string of the molecule is COc1cc(/C=N/N2CC(O)=C(c3nc4ccccc4s3)C2=N)cc(OC)c1OC. The lowest BCUT2D eigenvalue weighted by Crippen LogP contribution is -2.20. The number of benzene rings is 2. The van der Waals surface area contributed by atoms with Gasteiger partial charge >= 0.3 is 0 Å². The van der Waals surface area contributed by atoms with Gasteiger partial charge in [-0.2, -0.15) is 5.10 Å². The minimum atomic E-state index is 0.0705. The maximum Gasteiger partial charge on any atom is 0.203 e. The Kier molecular flexibility index (Phi) is 5.28. The van der Waals surface area contributed by atoms with Crippen LogP contribution in [-0.2, 0) is 0 Å². The third kappa shape index (κ3) is 3.43. The highest BCUT2D eigenvalue weighted by Crippen LogP contribution is 2.38. The molecule has 0 amide bonds. The van der Waals surface area contributed by atoms with Crippen LogP contribution < -0.4 is 14.2 Å². The first kappa shape index (κ1) is 19.7. The Morgan fingerprint density at radius 3 is 2.47 bits per heavy atom. The highest BCUT2D eigenvalue weighted by atomic mass is 32.1. The van der Waals surface area contributed by atoms with Gasteiger partial charge in [-0.3, -0.25) is 5.41 Å². The van der Waals surface area contributed by atoms with Crippen molar-refractivity contribution < 1.29 is 19.3 Å². The first-order valence-electron chi connectivity index (χ1n) is 9.04. The van der Waals surface area contributed by atoms with E-state index in [0.717, 1.165) is 10.2 Å². The summed E-state index contributed by atoms with van der Waals surface area (Å²) in [6.07, 6.45) is 1.58. The molecule has 154 valence electrons. The minimum absolute atomic E-state index is 0.0705. The van der Waals surface area contributed by atoms with E-state index in [1.807, 2.05) is 24.3 Å². The number of thiazole rings is 1. The lowest BCUT2D eigenvalue weighted by atomic mass is 10.2. The lowest BCUT2D eigenvalue weighted by Gasteiger charge is -2.14. The van der Waals surface area contributed by atoms with E-state index in [0.29, 0.717) is 33.4 Å². The molecule has 0 spiro atoms. The van der Waals surface area contributed by atoms with Crippen LogP contribution in [0.2, 0.25) is 0 Å². The van der Waals surface area contributed by atoms with Gasteiger partial charge in [0, 0.05) is 5.56 Å². The van der Waals surface area contributed by atoms with Gasteiger partial charge in [-0.1, -0.05) is 12.1 Å². The van der Waals surface area contributed by atoms with Crippen LogP contribution in [0.4, 0.5) is 0 Å². The summed E-state index contributed by atoms with van der Waals surface area (Å²) in [4.78, 5) is 4.55. The molecule has 0 radical (unpaired) electrons. The monoisotopic (exact) mass is 424 g/mol. The number of ether oxygens (including phenoxy) is 3. The van der Waals surface area contributed by atoms with Crippen molar-refractivity contribution in [1.29, 1.82) is 5.41 Å². The van der Waals surface area contributed by atoms with Gasteiger partial charge in [0.1, 0.15) is 17.3 Å². The Morgan fingerprint density at radius 1 is 1.13 bits per heavy atom. The van der Waals surface area contributed by atoms with Gasteiger partial charge < -0.3 is 19.3 Å². The summed E-state index contributed by atoms with van der Waals surface area (Å²) in [6, 6.07) is 11.2. The van der Waals surface area contributed by atoms with Crippen molar-refractivity contribution in [3.63, 3.8) is 0 Å². The number of hydrogen-bond acceptors (Lipinski definition) is 8. The fourth-order valence-electron chi connectivity index (χ4n) is 3.18. The molecule has 0 saturated heterocycles. The predicted octanol–water partition coefficient (Wildman–Crippen LogP) is 3.92. The molecule has 2 heterocycles. The number of methoxy groups -OCH3 is 3. The first-order valence-corrected chi connectivity index (χ1v) is 9.85. The molecule has 9 heteroatoms. The van der Waals surface area contributed by atoms with Gasteiger partial charge in [0.15, 0.2) is 17.3 Å². The van der Waals surface area contributed by atoms with Crippen molar-refractivity contribution in [2.24, 2.45) is 5.10 Å². The van der Waals surface area contributed by atoms with Crippen LogP contribution >= 0.6 is 11.3 Å². The summed E-state index contributed by atoms with van der Waals surface area (Å²) in [5, 5.41) is 25.3. The smallest absolute Gasteiger partial charge is 0.203 e. The van der Waals surface area contributed by atoms with Gasteiger partial charge in [-0.15, -0.1) is 11.3 Å². The lowest BCUT2D eigenvalue weighted by molar-refractivity contribution is 0.324. The van der Waals surface area contributed by atoms with Crippen molar-refractivity contribution in [3.8, 4) is 17.2 Å². The van der Waals surface area contributed by atoms with Crippen LogP contribution in [0.3, 0.4) is 0 Å². The third-order valence-corrected chi connectivity index (χ3v) is 5.68. The van der Waals surface area contributed by atoms with Gasteiger partial charge in [0.2, 0.25) is 5.75 Å². The number of aliphatic hydroxyl groups is 1. The Labute approximate surface area is 177 Å². The molecule has 1 aromatic heterocycles. The molecule has 0 aliphatic carbocycles. The van der Waals surface area contributed by atoms with E-state index in [4.69, 9.17) is 19.6 Å². The van der Waals surface area contributed by atoms with Gasteiger partial charge in [0.25, 0.3) is 0 Å². The average Bonchev–Trinajstić information content (AvgIpc) is 3.30. The minimum Gasteiger partial charge on any atom is -0.509 e. The maximum absolute atomic E-state index is 10.5. The fraction of sp³-hybridized carbons (Fsp3) is 0.190. The zero-order valence-corrected chi connectivity index (χ0v) is 17.5. The van der Waals surface area contributed by atoms with Crippen LogP contribution in [0, 0.1) is 5.41 Å². The van der Waals surface area contributed by atoms with E-state index in [2.05, 4.69) is 10.1 Å². The molecule has 8 nitrogen and oxygen atoms in total. The summed E-state index contributed by atoms with van der Waals surface area (Å²) in [5.74, 6) is 1.66. The van der Waals surface area contributed by atoms with Crippen LogP contribution in [0.5, 0.6) is 17.2 Å². The number of hydrogen-bond donors (Lipinski definition) is 2. The average molecular weight is 424 g/mol. The van der Waals surface area contributed by atoms with E-state index >= 15 is 0 Å². The molecule has 3 aromatic rings. The van der Waals surface area contributed by atoms with E-state index in [-0.39, 0.29) is 18.1 Å². The molecule has 1 aliphatic rings. The van der Waals surface area contributed by atoms with Crippen molar-refractivity contribution in [2.45, 2.75) is 0 Å². The fourth-order valence-corrected chi connectivity index (χ4v) is 4.21. The zero-order valence-electron chi connectivity index (χ0n) is 16.7. The molecule has 0 atom stereocenters. The quantitative estimate of drug-likeness (QED) is 0.582.